The lowest BCUT2D eigenvalue weighted by atomic mass is 10.0. The molecule has 58 heavy (non-hydrogen) atoms. The van der Waals surface area contributed by atoms with Crippen molar-refractivity contribution in [2.45, 2.75) is 225 Å². The first kappa shape index (κ1) is 56.5. The van der Waals surface area contributed by atoms with Gasteiger partial charge in [0.1, 0.15) is 19.8 Å². The second-order valence-electron chi connectivity index (χ2n) is 17.5. The van der Waals surface area contributed by atoms with Crippen LogP contribution in [0.25, 0.3) is 0 Å². The number of hydrogen-bond acceptors (Lipinski definition) is 7. The number of rotatable bonds is 44. The van der Waals surface area contributed by atoms with Gasteiger partial charge in [-0.1, -0.05) is 192 Å². The lowest BCUT2D eigenvalue weighted by Crippen LogP contribution is -2.37. The van der Waals surface area contributed by atoms with Crippen LogP contribution in [0.15, 0.2) is 24.3 Å². The van der Waals surface area contributed by atoms with Gasteiger partial charge in [0.25, 0.3) is 0 Å². The highest BCUT2D eigenvalue weighted by molar-refractivity contribution is 7.47. The molecule has 0 aliphatic carbocycles. The van der Waals surface area contributed by atoms with Gasteiger partial charge in [-0.3, -0.25) is 18.6 Å². The van der Waals surface area contributed by atoms with Crippen molar-refractivity contribution in [3.05, 3.63) is 24.3 Å². The van der Waals surface area contributed by atoms with Gasteiger partial charge in [-0.2, -0.15) is 0 Å². The summed E-state index contributed by atoms with van der Waals surface area (Å²) in [7, 11) is 1.48. The van der Waals surface area contributed by atoms with Gasteiger partial charge < -0.3 is 18.9 Å². The Morgan fingerprint density at radius 3 is 1.34 bits per heavy atom. The van der Waals surface area contributed by atoms with E-state index in [1.807, 2.05) is 21.1 Å². The fourth-order valence-corrected chi connectivity index (χ4v) is 7.45. The zero-order valence-electron chi connectivity index (χ0n) is 38.5. The highest BCUT2D eigenvalue weighted by Crippen LogP contribution is 2.43. The van der Waals surface area contributed by atoms with Crippen LogP contribution < -0.4 is 0 Å². The monoisotopic (exact) mass is 843 g/mol. The summed E-state index contributed by atoms with van der Waals surface area (Å²) in [6.45, 7) is 4.42. The minimum Gasteiger partial charge on any atom is -0.462 e. The number of unbranched alkanes of at least 4 members (excludes halogenated alkanes) is 27. The maximum Gasteiger partial charge on any atom is 0.472 e. The number of phosphoric ester groups is 1. The van der Waals surface area contributed by atoms with Crippen LogP contribution in [0, 0.1) is 0 Å². The minimum absolute atomic E-state index is 0.0312. The number of phosphoric acid groups is 1. The average Bonchev–Trinajstić information content (AvgIpc) is 3.17. The second-order valence-corrected chi connectivity index (χ2v) is 19.0. The van der Waals surface area contributed by atoms with E-state index in [1.54, 1.807) is 0 Å². The number of nitrogens with zero attached hydrogens (tertiary/aromatic N) is 1. The van der Waals surface area contributed by atoms with E-state index < -0.39 is 26.5 Å². The molecular formula is C48H93NO8P+. The summed E-state index contributed by atoms with van der Waals surface area (Å²) in [5.74, 6) is -0.806. The molecule has 0 fully saturated rings. The number of ether oxygens (including phenoxy) is 2. The minimum atomic E-state index is -4.38. The smallest absolute Gasteiger partial charge is 0.462 e. The molecule has 0 bridgehead atoms. The van der Waals surface area contributed by atoms with E-state index in [1.165, 1.54) is 128 Å². The van der Waals surface area contributed by atoms with Gasteiger partial charge in [0.15, 0.2) is 6.10 Å². The molecule has 0 saturated heterocycles. The van der Waals surface area contributed by atoms with Crippen LogP contribution in [-0.4, -0.2) is 74.9 Å². The molecule has 1 N–H and O–H groups in total. The first-order chi connectivity index (χ1) is 28.0. The molecule has 0 spiro atoms. The molecule has 0 rings (SSSR count). The average molecular weight is 843 g/mol. The second kappa shape index (κ2) is 40.9. The molecule has 0 aliphatic rings. The van der Waals surface area contributed by atoms with Gasteiger partial charge in [-0.05, 0) is 38.5 Å². The molecule has 1 unspecified atom stereocenters. The van der Waals surface area contributed by atoms with Gasteiger partial charge in [0.2, 0.25) is 0 Å². The Morgan fingerprint density at radius 2 is 0.914 bits per heavy atom. The summed E-state index contributed by atoms with van der Waals surface area (Å²) in [4.78, 5) is 35.4. The van der Waals surface area contributed by atoms with Gasteiger partial charge in [-0.25, -0.2) is 4.57 Å². The van der Waals surface area contributed by atoms with Crippen molar-refractivity contribution in [3.63, 3.8) is 0 Å². The Labute approximate surface area is 358 Å². The van der Waals surface area contributed by atoms with E-state index in [2.05, 4.69) is 38.2 Å². The molecule has 342 valence electrons. The first-order valence-corrected chi connectivity index (χ1v) is 25.6. The molecule has 2 atom stereocenters. The normalized spacial score (nSPS) is 13.7. The zero-order chi connectivity index (χ0) is 42.8. The molecule has 0 aromatic rings. The standard InChI is InChI=1S/C48H92NO8P/c1-6-8-10-12-14-16-18-20-22-23-24-25-27-29-31-33-35-37-39-41-48(51)57-46(45-56-58(52,53)55-43-42-49(3,4)5)44-54-47(50)40-38-36-34-32-30-28-26-21-19-17-15-13-11-9-7-2/h17,19,21,26,46H,6-16,18,20,22-25,27-45H2,1-5H3/p+1/b19-17+,26-21+/t46-/m1/s1. The fraction of sp³-hybridized carbons (Fsp3) is 0.875. The Kier molecular flexibility index (Phi) is 39.8. The molecule has 0 heterocycles. The summed E-state index contributed by atoms with van der Waals surface area (Å²) in [5.41, 5.74) is 0. The summed E-state index contributed by atoms with van der Waals surface area (Å²) in [6.07, 6.45) is 45.1. The highest BCUT2D eigenvalue weighted by atomic mass is 31.2. The van der Waals surface area contributed by atoms with E-state index in [-0.39, 0.29) is 32.0 Å². The van der Waals surface area contributed by atoms with Crippen LogP contribution in [0.3, 0.4) is 0 Å². The van der Waals surface area contributed by atoms with E-state index in [0.717, 1.165) is 57.8 Å². The summed E-state index contributed by atoms with van der Waals surface area (Å²) in [6, 6.07) is 0. The van der Waals surface area contributed by atoms with Crippen molar-refractivity contribution in [2.75, 3.05) is 47.5 Å². The van der Waals surface area contributed by atoms with Crippen LogP contribution in [0.4, 0.5) is 0 Å². The third-order valence-electron chi connectivity index (χ3n) is 10.5. The largest absolute Gasteiger partial charge is 0.472 e. The van der Waals surface area contributed by atoms with E-state index in [4.69, 9.17) is 18.5 Å². The Balaban J connectivity index is 4.29. The maximum atomic E-state index is 12.7. The molecular weight excluding hydrogens is 750 g/mol. The summed E-state index contributed by atoms with van der Waals surface area (Å²) >= 11 is 0. The molecule has 0 saturated carbocycles. The quantitative estimate of drug-likeness (QED) is 0.0212. The van der Waals surface area contributed by atoms with Crippen LogP contribution in [0.2, 0.25) is 0 Å². The van der Waals surface area contributed by atoms with Gasteiger partial charge in [-0.15, -0.1) is 0 Å². The first-order valence-electron chi connectivity index (χ1n) is 24.1. The summed E-state index contributed by atoms with van der Waals surface area (Å²) in [5, 5.41) is 0. The number of likely N-dealkylation sites (N-methyl/N-ethyl adjacent to an activating group) is 1. The van der Waals surface area contributed by atoms with Gasteiger partial charge >= 0.3 is 19.8 Å². The Morgan fingerprint density at radius 1 is 0.534 bits per heavy atom. The van der Waals surface area contributed by atoms with Crippen molar-refractivity contribution < 1.29 is 42.1 Å². The third kappa shape index (κ3) is 44.1. The number of quaternary nitrogens is 1. The Bertz CT molecular complexity index is 1040. The predicted octanol–water partition coefficient (Wildman–Crippen LogP) is 13.9. The topological polar surface area (TPSA) is 108 Å². The van der Waals surface area contributed by atoms with Crippen LogP contribution >= 0.6 is 7.82 Å². The van der Waals surface area contributed by atoms with Crippen molar-refractivity contribution >= 4 is 19.8 Å². The molecule has 10 heteroatoms. The van der Waals surface area contributed by atoms with Crippen molar-refractivity contribution in [2.24, 2.45) is 0 Å². The van der Waals surface area contributed by atoms with Crippen LogP contribution in [-0.2, 0) is 32.7 Å². The number of carbonyl (C=O) groups excluding carboxylic acids is 2. The number of allylic oxidation sites excluding steroid dienone is 4. The third-order valence-corrected chi connectivity index (χ3v) is 11.5. The van der Waals surface area contributed by atoms with E-state index >= 15 is 0 Å². The molecule has 0 radical (unpaired) electrons. The predicted molar refractivity (Wildman–Crippen MR) is 243 cm³/mol. The van der Waals surface area contributed by atoms with Crippen molar-refractivity contribution in [1.82, 2.24) is 0 Å². The SMILES string of the molecule is CCCCCC/C=C/C=C/CCCCCCCC(=O)OC[C@H](COP(=O)(O)OCC[N+](C)(C)C)OC(=O)CCCCCCCCCCCCCCCCCCCCC. The molecule has 0 aromatic carbocycles. The molecule has 0 aliphatic heterocycles. The van der Waals surface area contributed by atoms with Gasteiger partial charge in [0.05, 0.1) is 27.7 Å². The van der Waals surface area contributed by atoms with E-state index in [0.29, 0.717) is 17.4 Å². The van der Waals surface area contributed by atoms with E-state index in [9.17, 15) is 19.0 Å². The lowest BCUT2D eigenvalue weighted by Gasteiger charge is -2.24. The Hall–Kier alpha value is -1.51. The van der Waals surface area contributed by atoms with Crippen LogP contribution in [0.1, 0.15) is 219 Å². The van der Waals surface area contributed by atoms with Crippen molar-refractivity contribution in [3.8, 4) is 0 Å². The fourth-order valence-electron chi connectivity index (χ4n) is 6.71. The lowest BCUT2D eigenvalue weighted by molar-refractivity contribution is -0.870. The van der Waals surface area contributed by atoms with Gasteiger partial charge in [0, 0.05) is 12.8 Å². The van der Waals surface area contributed by atoms with Crippen LogP contribution in [0.5, 0.6) is 0 Å². The molecule has 0 aromatic heterocycles. The molecule has 9 nitrogen and oxygen atoms in total. The number of esters is 2. The number of carbonyl (C=O) groups is 2. The number of hydrogen-bond donors (Lipinski definition) is 1. The van der Waals surface area contributed by atoms with Crippen molar-refractivity contribution in [1.29, 1.82) is 0 Å². The molecule has 0 amide bonds. The zero-order valence-corrected chi connectivity index (χ0v) is 39.4. The highest BCUT2D eigenvalue weighted by Gasteiger charge is 2.27. The summed E-state index contributed by atoms with van der Waals surface area (Å²) < 4.78 is 34.4. The maximum absolute atomic E-state index is 12.7.